The van der Waals surface area contributed by atoms with Crippen molar-refractivity contribution >= 4 is 17.4 Å². The Hall–Kier alpha value is -1.11. The third-order valence-electron chi connectivity index (χ3n) is 3.71. The Labute approximate surface area is 136 Å². The highest BCUT2D eigenvalue weighted by molar-refractivity contribution is 7.07. The molecular formula is C16H26N2O3S. The van der Waals surface area contributed by atoms with Gasteiger partial charge in [0.15, 0.2) is 0 Å². The second-order valence-electron chi connectivity index (χ2n) is 6.70. The molecule has 2 rings (SSSR count). The Morgan fingerprint density at radius 1 is 1.50 bits per heavy atom. The number of hydrogen-bond donors (Lipinski definition) is 2. The summed E-state index contributed by atoms with van der Waals surface area (Å²) < 4.78 is 5.40. The largest absolute Gasteiger partial charge is 0.444 e. The van der Waals surface area contributed by atoms with Gasteiger partial charge < -0.3 is 20.1 Å². The molecule has 0 bridgehead atoms. The van der Waals surface area contributed by atoms with Gasteiger partial charge in [-0.3, -0.25) is 0 Å². The standard InChI is InChI=1S/C16H26N2O3S/c1-16(2,3)21-15(20)18-7-4-13(5-8-18)17-14(10-19)12-6-9-22-11-12/h6,9,11,13-14,17,19H,4-5,7-8,10H2,1-3H3/t14-/m0/s1. The number of hydrogen-bond acceptors (Lipinski definition) is 5. The zero-order chi connectivity index (χ0) is 16.2. The van der Waals surface area contributed by atoms with Gasteiger partial charge >= 0.3 is 6.09 Å². The van der Waals surface area contributed by atoms with Gasteiger partial charge in [-0.1, -0.05) is 0 Å². The fraction of sp³-hybridized carbons (Fsp3) is 0.688. The molecule has 1 saturated heterocycles. The first-order valence-electron chi connectivity index (χ1n) is 7.76. The predicted molar refractivity (Wildman–Crippen MR) is 88.1 cm³/mol. The quantitative estimate of drug-likeness (QED) is 0.893. The van der Waals surface area contributed by atoms with E-state index in [-0.39, 0.29) is 18.7 Å². The van der Waals surface area contributed by atoms with Gasteiger partial charge in [0.05, 0.1) is 12.6 Å². The first-order valence-corrected chi connectivity index (χ1v) is 8.70. The smallest absolute Gasteiger partial charge is 0.410 e. The number of nitrogens with zero attached hydrogens (tertiary/aromatic N) is 1. The molecular weight excluding hydrogens is 300 g/mol. The maximum absolute atomic E-state index is 12.0. The topological polar surface area (TPSA) is 61.8 Å². The lowest BCUT2D eigenvalue weighted by atomic mass is 10.0. The summed E-state index contributed by atoms with van der Waals surface area (Å²) in [5, 5.41) is 17.1. The lowest BCUT2D eigenvalue weighted by Crippen LogP contribution is -2.47. The van der Waals surface area contributed by atoms with E-state index in [0.717, 1.165) is 18.4 Å². The molecule has 1 aromatic heterocycles. The van der Waals surface area contributed by atoms with Gasteiger partial charge in [0.1, 0.15) is 5.60 Å². The van der Waals surface area contributed by atoms with Crippen molar-refractivity contribution in [2.45, 2.75) is 51.3 Å². The molecule has 2 heterocycles. The summed E-state index contributed by atoms with van der Waals surface area (Å²) in [6.07, 6.45) is 1.52. The van der Waals surface area contributed by atoms with E-state index in [0.29, 0.717) is 19.1 Å². The van der Waals surface area contributed by atoms with Crippen LogP contribution in [0, 0.1) is 0 Å². The van der Waals surface area contributed by atoms with Crippen LogP contribution in [0.15, 0.2) is 16.8 Å². The molecule has 5 nitrogen and oxygen atoms in total. The molecule has 1 aliphatic rings. The van der Waals surface area contributed by atoms with Crippen LogP contribution < -0.4 is 5.32 Å². The number of piperidine rings is 1. The molecule has 22 heavy (non-hydrogen) atoms. The van der Waals surface area contributed by atoms with Gasteiger partial charge in [-0.05, 0) is 56.0 Å². The Kier molecular flexibility index (Phi) is 5.83. The van der Waals surface area contributed by atoms with Crippen molar-refractivity contribution in [3.8, 4) is 0 Å². The van der Waals surface area contributed by atoms with Crippen LogP contribution in [0.25, 0.3) is 0 Å². The van der Waals surface area contributed by atoms with E-state index in [1.807, 2.05) is 32.2 Å². The van der Waals surface area contributed by atoms with Crippen molar-refractivity contribution in [1.82, 2.24) is 10.2 Å². The zero-order valence-corrected chi connectivity index (χ0v) is 14.4. The summed E-state index contributed by atoms with van der Waals surface area (Å²) in [6.45, 7) is 7.11. The average Bonchev–Trinajstić information content (AvgIpc) is 2.97. The molecule has 0 unspecified atom stereocenters. The zero-order valence-electron chi connectivity index (χ0n) is 13.5. The van der Waals surface area contributed by atoms with Crippen LogP contribution >= 0.6 is 11.3 Å². The summed E-state index contributed by atoms with van der Waals surface area (Å²) in [6, 6.07) is 2.33. The summed E-state index contributed by atoms with van der Waals surface area (Å²) in [7, 11) is 0. The highest BCUT2D eigenvalue weighted by Gasteiger charge is 2.27. The van der Waals surface area contributed by atoms with Crippen molar-refractivity contribution in [2.75, 3.05) is 19.7 Å². The van der Waals surface area contributed by atoms with Crippen LogP contribution in [0.4, 0.5) is 4.79 Å². The minimum Gasteiger partial charge on any atom is -0.444 e. The Morgan fingerprint density at radius 3 is 2.68 bits per heavy atom. The molecule has 1 aromatic rings. The molecule has 0 aromatic carbocycles. The van der Waals surface area contributed by atoms with Crippen molar-refractivity contribution in [1.29, 1.82) is 0 Å². The summed E-state index contributed by atoms with van der Waals surface area (Å²) in [4.78, 5) is 13.8. The SMILES string of the molecule is CC(C)(C)OC(=O)N1CCC(N[C@@H](CO)c2ccsc2)CC1. The normalized spacial score (nSPS) is 18.3. The predicted octanol–water partition coefficient (Wildman–Crippen LogP) is 2.77. The third-order valence-corrected chi connectivity index (χ3v) is 4.41. The highest BCUT2D eigenvalue weighted by Crippen LogP contribution is 2.20. The number of carbonyl (C=O) groups is 1. The van der Waals surface area contributed by atoms with Gasteiger partial charge in [0.25, 0.3) is 0 Å². The fourth-order valence-corrected chi connectivity index (χ4v) is 3.28. The number of thiophene rings is 1. The molecule has 2 N–H and O–H groups in total. The Bertz CT molecular complexity index is 462. The van der Waals surface area contributed by atoms with Crippen LogP contribution in [0.1, 0.15) is 45.2 Å². The number of aliphatic hydroxyl groups excluding tert-OH is 1. The Morgan fingerprint density at radius 2 is 2.18 bits per heavy atom. The molecule has 0 spiro atoms. The van der Waals surface area contributed by atoms with Crippen molar-refractivity contribution in [3.05, 3.63) is 22.4 Å². The van der Waals surface area contributed by atoms with Gasteiger partial charge in [0.2, 0.25) is 0 Å². The van der Waals surface area contributed by atoms with Crippen molar-refractivity contribution in [3.63, 3.8) is 0 Å². The molecule has 0 aliphatic carbocycles. The van der Waals surface area contributed by atoms with Crippen LogP contribution in [-0.2, 0) is 4.74 Å². The van der Waals surface area contributed by atoms with E-state index < -0.39 is 5.60 Å². The number of carbonyl (C=O) groups excluding carboxylic acids is 1. The van der Waals surface area contributed by atoms with Gasteiger partial charge in [-0.15, -0.1) is 0 Å². The van der Waals surface area contributed by atoms with Crippen molar-refractivity contribution in [2.24, 2.45) is 0 Å². The van der Waals surface area contributed by atoms with Crippen LogP contribution in [0.3, 0.4) is 0 Å². The number of ether oxygens (including phenoxy) is 1. The lowest BCUT2D eigenvalue weighted by molar-refractivity contribution is 0.0193. The molecule has 0 radical (unpaired) electrons. The fourth-order valence-electron chi connectivity index (χ4n) is 2.57. The monoisotopic (exact) mass is 326 g/mol. The molecule has 124 valence electrons. The number of aliphatic hydroxyl groups is 1. The van der Waals surface area contributed by atoms with E-state index in [9.17, 15) is 9.90 Å². The molecule has 1 atom stereocenters. The van der Waals surface area contributed by atoms with Crippen LogP contribution in [0.5, 0.6) is 0 Å². The number of nitrogens with one attached hydrogen (secondary N) is 1. The average molecular weight is 326 g/mol. The Balaban J connectivity index is 1.81. The summed E-state index contributed by atoms with van der Waals surface area (Å²) >= 11 is 1.63. The van der Waals surface area contributed by atoms with E-state index in [4.69, 9.17) is 4.74 Å². The van der Waals surface area contributed by atoms with Gasteiger partial charge in [-0.25, -0.2) is 4.79 Å². The molecule has 1 fully saturated rings. The van der Waals surface area contributed by atoms with E-state index >= 15 is 0 Å². The van der Waals surface area contributed by atoms with Crippen LogP contribution in [0.2, 0.25) is 0 Å². The lowest BCUT2D eigenvalue weighted by Gasteiger charge is -2.35. The van der Waals surface area contributed by atoms with E-state index in [1.54, 1.807) is 16.2 Å². The summed E-state index contributed by atoms with van der Waals surface area (Å²) in [5.74, 6) is 0. The number of rotatable bonds is 4. The van der Waals surface area contributed by atoms with Gasteiger partial charge in [-0.2, -0.15) is 11.3 Å². The second-order valence-corrected chi connectivity index (χ2v) is 7.48. The van der Waals surface area contributed by atoms with Gasteiger partial charge in [0, 0.05) is 19.1 Å². The maximum atomic E-state index is 12.0. The second kappa shape index (κ2) is 7.44. The minimum atomic E-state index is -0.451. The number of likely N-dealkylation sites (tertiary alicyclic amines) is 1. The molecule has 6 heteroatoms. The maximum Gasteiger partial charge on any atom is 0.410 e. The first kappa shape index (κ1) is 17.2. The highest BCUT2D eigenvalue weighted by atomic mass is 32.1. The summed E-state index contributed by atoms with van der Waals surface area (Å²) in [5.41, 5.74) is 0.676. The first-order chi connectivity index (χ1) is 10.4. The molecule has 1 amide bonds. The minimum absolute atomic E-state index is 0.0238. The van der Waals surface area contributed by atoms with Crippen LogP contribution in [-0.4, -0.2) is 47.4 Å². The number of amides is 1. The molecule has 1 aliphatic heterocycles. The van der Waals surface area contributed by atoms with E-state index in [2.05, 4.69) is 10.7 Å². The van der Waals surface area contributed by atoms with Crippen molar-refractivity contribution < 1.29 is 14.6 Å². The van der Waals surface area contributed by atoms with E-state index in [1.165, 1.54) is 0 Å². The third kappa shape index (κ3) is 4.97. The molecule has 0 saturated carbocycles.